The molecule has 1 aromatic heterocycles. The SMILES string of the molecule is CC(C)Cn1cc(CN(C)C(=O)C2(C3CCOCC3)CC2(F)F)nn1. The Morgan fingerprint density at radius 2 is 2.08 bits per heavy atom. The van der Waals surface area contributed by atoms with Crippen molar-refractivity contribution in [2.75, 3.05) is 20.3 Å². The van der Waals surface area contributed by atoms with E-state index in [4.69, 9.17) is 4.74 Å². The molecule has 1 unspecified atom stereocenters. The number of hydrogen-bond acceptors (Lipinski definition) is 4. The lowest BCUT2D eigenvalue weighted by Gasteiger charge is -2.32. The summed E-state index contributed by atoms with van der Waals surface area (Å²) >= 11 is 0. The van der Waals surface area contributed by atoms with Crippen LogP contribution in [0.4, 0.5) is 8.78 Å². The molecule has 2 heterocycles. The Kier molecular flexibility index (Phi) is 4.83. The zero-order valence-electron chi connectivity index (χ0n) is 15.0. The van der Waals surface area contributed by atoms with Gasteiger partial charge in [-0.3, -0.25) is 9.48 Å². The van der Waals surface area contributed by atoms with Gasteiger partial charge in [0.15, 0.2) is 0 Å². The zero-order valence-corrected chi connectivity index (χ0v) is 15.0. The highest BCUT2D eigenvalue weighted by atomic mass is 19.3. The first kappa shape index (κ1) is 18.2. The van der Waals surface area contributed by atoms with E-state index in [0.29, 0.717) is 37.7 Å². The van der Waals surface area contributed by atoms with Crippen LogP contribution >= 0.6 is 0 Å². The quantitative estimate of drug-likeness (QED) is 0.785. The molecule has 1 amide bonds. The van der Waals surface area contributed by atoms with Gasteiger partial charge in [-0.1, -0.05) is 19.1 Å². The second kappa shape index (κ2) is 6.63. The van der Waals surface area contributed by atoms with Gasteiger partial charge >= 0.3 is 0 Å². The first-order chi connectivity index (χ1) is 11.8. The molecule has 0 radical (unpaired) electrons. The van der Waals surface area contributed by atoms with Crippen molar-refractivity contribution in [1.29, 1.82) is 0 Å². The highest BCUT2D eigenvalue weighted by molar-refractivity contribution is 5.87. The molecule has 6 nitrogen and oxygen atoms in total. The topological polar surface area (TPSA) is 60.2 Å². The van der Waals surface area contributed by atoms with E-state index >= 15 is 0 Å². The summed E-state index contributed by atoms with van der Waals surface area (Å²) in [5.74, 6) is -3.29. The van der Waals surface area contributed by atoms with Crippen molar-refractivity contribution in [2.24, 2.45) is 17.3 Å². The fourth-order valence-corrected chi connectivity index (χ4v) is 3.88. The number of hydrogen-bond donors (Lipinski definition) is 0. The summed E-state index contributed by atoms with van der Waals surface area (Å²) in [4.78, 5) is 14.3. The van der Waals surface area contributed by atoms with Crippen molar-refractivity contribution in [3.63, 3.8) is 0 Å². The Balaban J connectivity index is 1.69. The number of carbonyl (C=O) groups excluding carboxylic acids is 1. The third-order valence-electron chi connectivity index (χ3n) is 5.21. The number of alkyl halides is 2. The Bertz CT molecular complexity index is 628. The van der Waals surface area contributed by atoms with Crippen LogP contribution in [-0.2, 0) is 22.6 Å². The molecule has 2 aliphatic rings. The van der Waals surface area contributed by atoms with E-state index in [2.05, 4.69) is 24.2 Å². The number of nitrogens with zero attached hydrogens (tertiary/aromatic N) is 4. The van der Waals surface area contributed by atoms with E-state index in [1.54, 1.807) is 17.9 Å². The molecule has 0 aromatic carbocycles. The first-order valence-corrected chi connectivity index (χ1v) is 8.86. The van der Waals surface area contributed by atoms with E-state index in [1.807, 2.05) is 0 Å². The minimum atomic E-state index is -2.92. The van der Waals surface area contributed by atoms with Crippen molar-refractivity contribution in [1.82, 2.24) is 19.9 Å². The number of rotatable bonds is 6. The van der Waals surface area contributed by atoms with Gasteiger partial charge in [-0.2, -0.15) is 0 Å². The van der Waals surface area contributed by atoms with Gasteiger partial charge in [0.25, 0.3) is 5.92 Å². The van der Waals surface area contributed by atoms with Crippen LogP contribution < -0.4 is 0 Å². The van der Waals surface area contributed by atoms with E-state index in [-0.39, 0.29) is 18.9 Å². The second-order valence-electron chi connectivity index (χ2n) is 7.73. The molecule has 1 aliphatic heterocycles. The first-order valence-electron chi connectivity index (χ1n) is 8.86. The van der Waals surface area contributed by atoms with Crippen molar-refractivity contribution in [3.05, 3.63) is 11.9 Å². The molecule has 0 N–H and O–H groups in total. The lowest BCUT2D eigenvalue weighted by Crippen LogP contribution is -2.43. The molecule has 3 rings (SSSR count). The van der Waals surface area contributed by atoms with E-state index in [0.717, 1.165) is 6.54 Å². The van der Waals surface area contributed by atoms with Crippen molar-refractivity contribution in [2.45, 2.75) is 52.1 Å². The van der Waals surface area contributed by atoms with E-state index < -0.39 is 17.2 Å². The monoisotopic (exact) mass is 356 g/mol. The zero-order chi connectivity index (χ0) is 18.2. The number of ether oxygens (including phenoxy) is 1. The molecule has 2 fully saturated rings. The second-order valence-corrected chi connectivity index (χ2v) is 7.73. The number of aromatic nitrogens is 3. The normalized spacial score (nSPS) is 26.0. The molecule has 1 aliphatic carbocycles. The van der Waals surface area contributed by atoms with Gasteiger partial charge in [-0.25, -0.2) is 8.78 Å². The van der Waals surface area contributed by atoms with Crippen molar-refractivity contribution >= 4 is 5.91 Å². The largest absolute Gasteiger partial charge is 0.381 e. The molecule has 8 heteroatoms. The van der Waals surface area contributed by atoms with Crippen LogP contribution in [0.5, 0.6) is 0 Å². The van der Waals surface area contributed by atoms with Crippen LogP contribution in [0.15, 0.2) is 6.20 Å². The Morgan fingerprint density at radius 1 is 1.44 bits per heavy atom. The Labute approximate surface area is 146 Å². The molecular weight excluding hydrogens is 330 g/mol. The summed E-state index contributed by atoms with van der Waals surface area (Å²) in [5, 5.41) is 8.08. The highest BCUT2D eigenvalue weighted by Gasteiger charge is 2.78. The van der Waals surface area contributed by atoms with Crippen molar-refractivity contribution in [3.8, 4) is 0 Å². The summed E-state index contributed by atoms with van der Waals surface area (Å²) in [6.07, 6.45) is 2.45. The Morgan fingerprint density at radius 3 is 2.64 bits per heavy atom. The van der Waals surface area contributed by atoms with Crippen LogP contribution in [0.1, 0.15) is 38.8 Å². The lowest BCUT2D eigenvalue weighted by atomic mass is 9.81. The van der Waals surface area contributed by atoms with Gasteiger partial charge < -0.3 is 9.64 Å². The van der Waals surface area contributed by atoms with E-state index in [1.165, 1.54) is 4.90 Å². The van der Waals surface area contributed by atoms with Gasteiger partial charge in [0.1, 0.15) is 11.1 Å². The fraction of sp³-hybridized carbons (Fsp3) is 0.824. The maximum atomic E-state index is 14.2. The van der Waals surface area contributed by atoms with Gasteiger partial charge in [0.05, 0.1) is 12.7 Å². The third-order valence-corrected chi connectivity index (χ3v) is 5.21. The van der Waals surface area contributed by atoms with Crippen molar-refractivity contribution < 1.29 is 18.3 Å². The average Bonchev–Trinajstić information content (AvgIpc) is 2.90. The predicted octanol–water partition coefficient (Wildman–Crippen LogP) is 2.34. The van der Waals surface area contributed by atoms with Crippen LogP contribution in [-0.4, -0.2) is 52.0 Å². The fourth-order valence-electron chi connectivity index (χ4n) is 3.88. The summed E-state index contributed by atoms with van der Waals surface area (Å²) in [7, 11) is 1.57. The maximum Gasteiger partial charge on any atom is 0.264 e. The molecule has 140 valence electrons. The highest BCUT2D eigenvalue weighted by Crippen LogP contribution is 2.67. The standard InChI is InChI=1S/C17H26F2N4O2/c1-12(2)8-23-10-14(20-21-23)9-22(3)15(24)16(11-17(16,18)19)13-4-6-25-7-5-13/h10,12-13H,4-9,11H2,1-3H3. The number of carbonyl (C=O) groups is 1. The molecule has 0 spiro atoms. The molecule has 1 aromatic rings. The summed E-state index contributed by atoms with van der Waals surface area (Å²) in [6.45, 7) is 5.96. The maximum absolute atomic E-state index is 14.2. The minimum Gasteiger partial charge on any atom is -0.381 e. The van der Waals surface area contributed by atoms with Gasteiger partial charge in [0.2, 0.25) is 5.91 Å². The van der Waals surface area contributed by atoms with Crippen LogP contribution in [0.3, 0.4) is 0 Å². The summed E-state index contributed by atoms with van der Waals surface area (Å²) in [5.41, 5.74) is -0.943. The minimum absolute atomic E-state index is 0.192. The van der Waals surface area contributed by atoms with Crippen LogP contribution in [0, 0.1) is 17.3 Å². The molecular formula is C17H26F2N4O2. The molecule has 0 bridgehead atoms. The smallest absolute Gasteiger partial charge is 0.264 e. The van der Waals surface area contributed by atoms with Crippen LogP contribution in [0.25, 0.3) is 0 Å². The number of halogens is 2. The third kappa shape index (κ3) is 3.41. The summed E-state index contributed by atoms with van der Waals surface area (Å²) in [6, 6.07) is 0. The number of amides is 1. The lowest BCUT2D eigenvalue weighted by molar-refractivity contribution is -0.145. The van der Waals surface area contributed by atoms with Gasteiger partial charge in [0, 0.05) is 33.2 Å². The molecule has 1 atom stereocenters. The van der Waals surface area contributed by atoms with Crippen LogP contribution in [0.2, 0.25) is 0 Å². The average molecular weight is 356 g/mol. The van der Waals surface area contributed by atoms with Gasteiger partial charge in [-0.05, 0) is 24.7 Å². The van der Waals surface area contributed by atoms with Gasteiger partial charge in [-0.15, -0.1) is 5.10 Å². The van der Waals surface area contributed by atoms with E-state index in [9.17, 15) is 13.6 Å². The molecule has 1 saturated heterocycles. The molecule has 1 saturated carbocycles. The molecule has 25 heavy (non-hydrogen) atoms. The summed E-state index contributed by atoms with van der Waals surface area (Å²) < 4.78 is 35.4. The predicted molar refractivity (Wildman–Crippen MR) is 86.9 cm³/mol. The Hall–Kier alpha value is -1.57.